The van der Waals surface area contributed by atoms with Crippen LogP contribution in [0, 0.1) is 6.92 Å². The standard InChI is InChI=1S/C33H35N5O2/c1-24-9-7-13-30(34-24)37-19-8-18-36(21-22-37)27-16-14-26(15-17-27)35-33(40)32(39)31-29(25-10-3-2-4-11-25)23-28-12-5-6-20-38(28)31/h2-4,7,9-11,13-17,23H,5-6,8,12,18-22H2,1H3,(H,35,40). The monoisotopic (exact) mass is 533 g/mol. The maximum Gasteiger partial charge on any atom is 0.298 e. The first-order valence-electron chi connectivity index (χ1n) is 14.2. The number of nitrogens with zero attached hydrogens (tertiary/aromatic N) is 4. The van der Waals surface area contributed by atoms with Crippen molar-refractivity contribution in [3.05, 3.63) is 95.9 Å². The third-order valence-electron chi connectivity index (χ3n) is 7.94. The Balaban J connectivity index is 1.14. The van der Waals surface area contributed by atoms with Gasteiger partial charge in [0.15, 0.2) is 0 Å². The highest BCUT2D eigenvalue weighted by atomic mass is 16.2. The lowest BCUT2D eigenvalue weighted by Gasteiger charge is -2.24. The second kappa shape index (κ2) is 11.4. The zero-order valence-electron chi connectivity index (χ0n) is 23.0. The van der Waals surface area contributed by atoms with E-state index in [4.69, 9.17) is 4.98 Å². The fourth-order valence-corrected chi connectivity index (χ4v) is 5.88. The molecular formula is C33H35N5O2. The molecule has 4 aromatic rings. The first kappa shape index (κ1) is 25.9. The Bertz CT molecular complexity index is 1510. The molecule has 0 radical (unpaired) electrons. The van der Waals surface area contributed by atoms with Gasteiger partial charge in [0, 0.05) is 61.0 Å². The van der Waals surface area contributed by atoms with Crippen LogP contribution in [0.5, 0.6) is 0 Å². The minimum atomic E-state index is -0.604. The SMILES string of the molecule is Cc1cccc(N2CCCN(c3ccc(NC(=O)C(=O)c4c(-c5ccccc5)cc5n4CCCC5)cc3)CC2)n1. The Labute approximate surface area is 235 Å². The molecule has 2 aromatic carbocycles. The van der Waals surface area contributed by atoms with Crippen molar-refractivity contribution in [2.75, 3.05) is 41.3 Å². The minimum Gasteiger partial charge on any atom is -0.370 e. The van der Waals surface area contributed by atoms with Gasteiger partial charge in [-0.25, -0.2) is 4.98 Å². The molecule has 0 saturated carbocycles. The van der Waals surface area contributed by atoms with E-state index in [2.05, 4.69) is 33.3 Å². The lowest BCUT2D eigenvalue weighted by molar-refractivity contribution is -0.112. The van der Waals surface area contributed by atoms with E-state index in [0.29, 0.717) is 11.4 Å². The highest BCUT2D eigenvalue weighted by molar-refractivity contribution is 6.47. The predicted molar refractivity (Wildman–Crippen MR) is 160 cm³/mol. The van der Waals surface area contributed by atoms with Gasteiger partial charge in [0.25, 0.3) is 11.7 Å². The van der Waals surface area contributed by atoms with E-state index in [9.17, 15) is 9.59 Å². The Morgan fingerprint density at radius 3 is 2.35 bits per heavy atom. The molecule has 4 heterocycles. The molecule has 0 aliphatic carbocycles. The van der Waals surface area contributed by atoms with Crippen LogP contribution in [0.4, 0.5) is 17.2 Å². The van der Waals surface area contributed by atoms with Crippen LogP contribution in [0.15, 0.2) is 78.9 Å². The molecule has 0 atom stereocenters. The summed E-state index contributed by atoms with van der Waals surface area (Å²) in [7, 11) is 0. The molecule has 2 aliphatic rings. The maximum absolute atomic E-state index is 13.5. The van der Waals surface area contributed by atoms with Gasteiger partial charge in [-0.1, -0.05) is 36.4 Å². The molecule has 0 bridgehead atoms. The van der Waals surface area contributed by atoms with Gasteiger partial charge < -0.3 is 19.7 Å². The number of hydrogen-bond acceptors (Lipinski definition) is 5. The topological polar surface area (TPSA) is 70.5 Å². The fraction of sp³-hybridized carbons (Fsp3) is 0.303. The molecule has 2 aliphatic heterocycles. The molecular weight excluding hydrogens is 498 g/mol. The summed E-state index contributed by atoms with van der Waals surface area (Å²) in [5.41, 5.74) is 6.17. The molecule has 2 aromatic heterocycles. The average Bonchev–Trinajstić information content (AvgIpc) is 3.20. The summed E-state index contributed by atoms with van der Waals surface area (Å²) in [6.07, 6.45) is 4.07. The summed E-state index contributed by atoms with van der Waals surface area (Å²) in [5, 5.41) is 2.85. The molecule has 1 fully saturated rings. The van der Waals surface area contributed by atoms with E-state index in [0.717, 1.165) is 92.4 Å². The van der Waals surface area contributed by atoms with Gasteiger partial charge in [-0.15, -0.1) is 0 Å². The van der Waals surface area contributed by atoms with Crippen LogP contribution in [0.2, 0.25) is 0 Å². The van der Waals surface area contributed by atoms with Gasteiger partial charge in [0.1, 0.15) is 11.5 Å². The van der Waals surface area contributed by atoms with E-state index >= 15 is 0 Å². The second-order valence-corrected chi connectivity index (χ2v) is 10.7. The van der Waals surface area contributed by atoms with Crippen LogP contribution in [0.3, 0.4) is 0 Å². The van der Waals surface area contributed by atoms with Gasteiger partial charge >= 0.3 is 0 Å². The fourth-order valence-electron chi connectivity index (χ4n) is 5.88. The number of nitrogens with one attached hydrogen (secondary N) is 1. The molecule has 1 saturated heterocycles. The molecule has 1 amide bonds. The number of fused-ring (bicyclic) bond motifs is 1. The number of rotatable bonds is 6. The van der Waals surface area contributed by atoms with Crippen LogP contribution in [0.25, 0.3) is 11.1 Å². The third-order valence-corrected chi connectivity index (χ3v) is 7.94. The van der Waals surface area contributed by atoms with Crippen LogP contribution >= 0.6 is 0 Å². The van der Waals surface area contributed by atoms with E-state index < -0.39 is 11.7 Å². The summed E-state index contributed by atoms with van der Waals surface area (Å²) >= 11 is 0. The van der Waals surface area contributed by atoms with Crippen molar-refractivity contribution in [3.63, 3.8) is 0 Å². The van der Waals surface area contributed by atoms with Crippen molar-refractivity contribution in [3.8, 4) is 11.1 Å². The summed E-state index contributed by atoms with van der Waals surface area (Å²) in [4.78, 5) is 36.2. The molecule has 1 N–H and O–H groups in total. The Hall–Kier alpha value is -4.39. The van der Waals surface area contributed by atoms with Crippen LogP contribution in [-0.4, -0.2) is 47.4 Å². The molecule has 7 heteroatoms. The first-order valence-corrected chi connectivity index (χ1v) is 14.2. The number of benzene rings is 2. The second-order valence-electron chi connectivity index (χ2n) is 10.7. The lowest BCUT2D eigenvalue weighted by atomic mass is 10.0. The Kier molecular flexibility index (Phi) is 7.36. The summed E-state index contributed by atoms with van der Waals surface area (Å²) < 4.78 is 2.05. The van der Waals surface area contributed by atoms with E-state index in [-0.39, 0.29) is 0 Å². The van der Waals surface area contributed by atoms with Gasteiger partial charge in [-0.3, -0.25) is 9.59 Å². The van der Waals surface area contributed by atoms with Gasteiger partial charge in [-0.2, -0.15) is 0 Å². The number of ketones is 1. The number of amides is 1. The molecule has 40 heavy (non-hydrogen) atoms. The van der Waals surface area contributed by atoms with Crippen LogP contribution < -0.4 is 15.1 Å². The molecule has 6 rings (SSSR count). The molecule has 7 nitrogen and oxygen atoms in total. The molecule has 204 valence electrons. The number of anilines is 3. The lowest BCUT2D eigenvalue weighted by Crippen LogP contribution is -2.31. The number of aryl methyl sites for hydroxylation is 2. The van der Waals surface area contributed by atoms with Gasteiger partial charge in [-0.05, 0) is 80.6 Å². The maximum atomic E-state index is 13.5. The number of carbonyl (C=O) groups is 2. The first-order chi connectivity index (χ1) is 19.6. The summed E-state index contributed by atoms with van der Waals surface area (Å²) in [6.45, 7) is 6.50. The van der Waals surface area contributed by atoms with Crippen molar-refractivity contribution < 1.29 is 9.59 Å². The predicted octanol–water partition coefficient (Wildman–Crippen LogP) is 5.73. The number of Topliss-reactive ketones (excluding diaryl/α,β-unsaturated/α-hetero) is 1. The van der Waals surface area contributed by atoms with Crippen LogP contribution in [0.1, 0.15) is 41.1 Å². The quantitative estimate of drug-likeness (QED) is 0.253. The zero-order valence-corrected chi connectivity index (χ0v) is 23.0. The molecule has 0 unspecified atom stereocenters. The van der Waals surface area contributed by atoms with E-state index in [1.54, 1.807) is 0 Å². The number of carbonyl (C=O) groups excluding carboxylic acids is 2. The average molecular weight is 534 g/mol. The Morgan fingerprint density at radius 2 is 1.55 bits per heavy atom. The van der Waals surface area contributed by atoms with Gasteiger partial charge in [0.05, 0.1) is 0 Å². The Morgan fingerprint density at radius 1 is 0.775 bits per heavy atom. The van der Waals surface area contributed by atoms with Crippen LogP contribution in [-0.2, 0) is 17.8 Å². The van der Waals surface area contributed by atoms with Gasteiger partial charge in [0.2, 0.25) is 0 Å². The van der Waals surface area contributed by atoms with E-state index in [1.165, 1.54) is 0 Å². The number of pyridine rings is 1. The summed E-state index contributed by atoms with van der Waals surface area (Å²) in [6, 6.07) is 25.9. The van der Waals surface area contributed by atoms with Crippen molar-refractivity contribution >= 4 is 28.9 Å². The third kappa shape index (κ3) is 5.37. The number of hydrogen-bond donors (Lipinski definition) is 1. The van der Waals surface area contributed by atoms with Crippen molar-refractivity contribution in [2.45, 2.75) is 39.2 Å². The zero-order chi connectivity index (χ0) is 27.5. The summed E-state index contributed by atoms with van der Waals surface area (Å²) in [5.74, 6) is -0.0647. The smallest absolute Gasteiger partial charge is 0.298 e. The molecule has 0 spiro atoms. The highest BCUT2D eigenvalue weighted by Crippen LogP contribution is 2.31. The normalized spacial score (nSPS) is 15.3. The van der Waals surface area contributed by atoms with Crippen molar-refractivity contribution in [2.24, 2.45) is 0 Å². The minimum absolute atomic E-state index is 0.492. The van der Waals surface area contributed by atoms with Crippen molar-refractivity contribution in [1.82, 2.24) is 9.55 Å². The highest BCUT2D eigenvalue weighted by Gasteiger charge is 2.28. The van der Waals surface area contributed by atoms with E-state index in [1.807, 2.05) is 72.2 Å². The largest absolute Gasteiger partial charge is 0.370 e. The van der Waals surface area contributed by atoms with Crippen molar-refractivity contribution in [1.29, 1.82) is 0 Å². The number of aromatic nitrogens is 2.